The lowest BCUT2D eigenvalue weighted by Gasteiger charge is -2.04. The Balaban J connectivity index is 2.39. The topological polar surface area (TPSA) is 88.1 Å². The number of nitrogens with one attached hydrogen (secondary N) is 1. The van der Waals surface area contributed by atoms with Crippen molar-refractivity contribution in [2.24, 2.45) is 5.73 Å². The van der Waals surface area contributed by atoms with Crippen LogP contribution in [0.3, 0.4) is 0 Å². The molecule has 0 aliphatic carbocycles. The Morgan fingerprint density at radius 1 is 1.44 bits per heavy atom. The zero-order valence-electron chi connectivity index (χ0n) is 8.77. The molecule has 0 unspecified atom stereocenters. The number of rotatable bonds is 6. The van der Waals surface area contributed by atoms with Crippen LogP contribution in [0.5, 0.6) is 5.75 Å². The van der Waals surface area contributed by atoms with Gasteiger partial charge in [-0.05, 0) is 17.7 Å². The van der Waals surface area contributed by atoms with Crippen LogP contribution in [0.4, 0.5) is 0 Å². The third-order valence-corrected chi connectivity index (χ3v) is 1.86. The van der Waals surface area contributed by atoms with Crippen molar-refractivity contribution in [1.29, 1.82) is 5.26 Å². The van der Waals surface area contributed by atoms with Gasteiger partial charge < -0.3 is 15.8 Å². The SMILES string of the molecule is N#CCOc1ccc(CNCC(N)=O)cc1. The van der Waals surface area contributed by atoms with Crippen LogP contribution in [0, 0.1) is 11.3 Å². The Morgan fingerprint density at radius 3 is 2.69 bits per heavy atom. The van der Waals surface area contributed by atoms with Crippen molar-refractivity contribution in [1.82, 2.24) is 5.32 Å². The fourth-order valence-electron chi connectivity index (χ4n) is 1.15. The molecule has 0 aromatic heterocycles. The van der Waals surface area contributed by atoms with Gasteiger partial charge in [0, 0.05) is 6.54 Å². The minimum atomic E-state index is -0.381. The highest BCUT2D eigenvalue weighted by Crippen LogP contribution is 2.11. The van der Waals surface area contributed by atoms with Gasteiger partial charge in [-0.2, -0.15) is 5.26 Å². The first-order valence-electron chi connectivity index (χ1n) is 4.80. The molecule has 0 fully saturated rings. The standard InChI is InChI=1S/C11H13N3O2/c12-5-6-16-10-3-1-9(2-4-10)7-14-8-11(13)15/h1-4,14H,6-8H2,(H2,13,15). The van der Waals surface area contributed by atoms with E-state index in [0.717, 1.165) is 5.56 Å². The van der Waals surface area contributed by atoms with Crippen LogP contribution in [0.25, 0.3) is 0 Å². The second kappa shape index (κ2) is 6.43. The van der Waals surface area contributed by atoms with E-state index in [1.54, 1.807) is 12.1 Å². The molecule has 0 radical (unpaired) electrons. The number of benzene rings is 1. The molecule has 0 aliphatic heterocycles. The number of primary amides is 1. The largest absolute Gasteiger partial charge is 0.479 e. The molecular weight excluding hydrogens is 206 g/mol. The van der Waals surface area contributed by atoms with Crippen LogP contribution in [0.2, 0.25) is 0 Å². The zero-order valence-corrected chi connectivity index (χ0v) is 8.77. The molecule has 3 N–H and O–H groups in total. The van der Waals surface area contributed by atoms with E-state index < -0.39 is 0 Å². The molecule has 1 aromatic carbocycles. The van der Waals surface area contributed by atoms with Crippen LogP contribution in [-0.4, -0.2) is 19.1 Å². The van der Waals surface area contributed by atoms with Gasteiger partial charge in [0.05, 0.1) is 6.54 Å². The van der Waals surface area contributed by atoms with Crippen molar-refractivity contribution in [2.75, 3.05) is 13.2 Å². The van der Waals surface area contributed by atoms with E-state index in [1.165, 1.54) is 0 Å². The van der Waals surface area contributed by atoms with Crippen molar-refractivity contribution in [3.63, 3.8) is 0 Å². The van der Waals surface area contributed by atoms with Gasteiger partial charge in [-0.1, -0.05) is 12.1 Å². The lowest BCUT2D eigenvalue weighted by Crippen LogP contribution is -2.28. The molecule has 5 nitrogen and oxygen atoms in total. The quantitative estimate of drug-likeness (QED) is 0.713. The molecule has 0 heterocycles. The molecule has 1 amide bonds. The molecule has 0 aliphatic rings. The number of nitrogens with two attached hydrogens (primary N) is 1. The van der Waals surface area contributed by atoms with Crippen LogP contribution < -0.4 is 15.8 Å². The first kappa shape index (κ1) is 12.0. The molecule has 0 saturated carbocycles. The number of nitriles is 1. The normalized spacial score (nSPS) is 9.44. The Kier molecular flexibility index (Phi) is 4.83. The predicted molar refractivity (Wildman–Crippen MR) is 58.5 cm³/mol. The first-order chi connectivity index (χ1) is 7.72. The number of nitrogens with zero attached hydrogens (tertiary/aromatic N) is 1. The fourth-order valence-corrected chi connectivity index (χ4v) is 1.15. The van der Waals surface area contributed by atoms with Crippen LogP contribution in [-0.2, 0) is 11.3 Å². The van der Waals surface area contributed by atoms with Gasteiger partial charge in [-0.15, -0.1) is 0 Å². The number of hydrogen-bond donors (Lipinski definition) is 2. The summed E-state index contributed by atoms with van der Waals surface area (Å²) in [4.78, 5) is 10.5. The van der Waals surface area contributed by atoms with Crippen LogP contribution in [0.15, 0.2) is 24.3 Å². The molecule has 5 heteroatoms. The summed E-state index contributed by atoms with van der Waals surface area (Å²) in [5, 5.41) is 11.2. The molecule has 84 valence electrons. The minimum Gasteiger partial charge on any atom is -0.479 e. The van der Waals surface area contributed by atoms with Crippen molar-refractivity contribution < 1.29 is 9.53 Å². The number of ether oxygens (including phenoxy) is 1. The van der Waals surface area contributed by atoms with E-state index in [9.17, 15) is 4.79 Å². The molecule has 1 rings (SSSR count). The molecule has 16 heavy (non-hydrogen) atoms. The number of carbonyl (C=O) groups is 1. The maximum absolute atomic E-state index is 10.5. The zero-order chi connectivity index (χ0) is 11.8. The Bertz CT molecular complexity index is 381. The summed E-state index contributed by atoms with van der Waals surface area (Å²) in [5.74, 6) is 0.272. The van der Waals surface area contributed by atoms with E-state index in [2.05, 4.69) is 5.32 Å². The minimum absolute atomic E-state index is 0.0409. The smallest absolute Gasteiger partial charge is 0.231 e. The summed E-state index contributed by atoms with van der Waals surface area (Å²) >= 11 is 0. The van der Waals surface area contributed by atoms with Gasteiger partial charge in [-0.3, -0.25) is 4.79 Å². The lowest BCUT2D eigenvalue weighted by atomic mass is 10.2. The summed E-state index contributed by atoms with van der Waals surface area (Å²) in [5.41, 5.74) is 6.00. The third-order valence-electron chi connectivity index (χ3n) is 1.86. The van der Waals surface area contributed by atoms with Gasteiger partial charge in [-0.25, -0.2) is 0 Å². The van der Waals surface area contributed by atoms with Crippen LogP contribution >= 0.6 is 0 Å². The number of hydrogen-bond acceptors (Lipinski definition) is 4. The molecule has 1 aromatic rings. The van der Waals surface area contributed by atoms with Crippen molar-refractivity contribution in [3.05, 3.63) is 29.8 Å². The summed E-state index contributed by atoms with van der Waals surface area (Å²) in [7, 11) is 0. The summed E-state index contributed by atoms with van der Waals surface area (Å²) in [6.07, 6.45) is 0. The predicted octanol–water partition coefficient (Wildman–Crippen LogP) is 0.164. The van der Waals surface area contributed by atoms with E-state index in [1.807, 2.05) is 18.2 Å². The maximum Gasteiger partial charge on any atom is 0.231 e. The highest BCUT2D eigenvalue weighted by Gasteiger charge is 1.96. The number of carbonyl (C=O) groups excluding carboxylic acids is 1. The molecule has 0 atom stereocenters. The lowest BCUT2D eigenvalue weighted by molar-refractivity contribution is -0.117. The first-order valence-corrected chi connectivity index (χ1v) is 4.80. The van der Waals surface area contributed by atoms with E-state index in [0.29, 0.717) is 12.3 Å². The van der Waals surface area contributed by atoms with Gasteiger partial charge in [0.1, 0.15) is 11.8 Å². The maximum atomic E-state index is 10.5. The van der Waals surface area contributed by atoms with Crippen molar-refractivity contribution in [2.45, 2.75) is 6.54 Å². The van der Waals surface area contributed by atoms with E-state index in [4.69, 9.17) is 15.7 Å². The van der Waals surface area contributed by atoms with E-state index >= 15 is 0 Å². The third kappa shape index (κ3) is 4.44. The van der Waals surface area contributed by atoms with Gasteiger partial charge in [0.15, 0.2) is 6.61 Å². The monoisotopic (exact) mass is 219 g/mol. The highest BCUT2D eigenvalue weighted by molar-refractivity contribution is 5.75. The van der Waals surface area contributed by atoms with Crippen molar-refractivity contribution >= 4 is 5.91 Å². The second-order valence-corrected chi connectivity index (χ2v) is 3.16. The van der Waals surface area contributed by atoms with Gasteiger partial charge in [0.2, 0.25) is 5.91 Å². The molecule has 0 bridgehead atoms. The Morgan fingerprint density at radius 2 is 2.12 bits per heavy atom. The molecule has 0 saturated heterocycles. The van der Waals surface area contributed by atoms with Gasteiger partial charge in [0.25, 0.3) is 0 Å². The molecular formula is C11H13N3O2. The van der Waals surface area contributed by atoms with E-state index in [-0.39, 0.29) is 19.1 Å². The summed E-state index contributed by atoms with van der Waals surface area (Å²) < 4.78 is 5.10. The second-order valence-electron chi connectivity index (χ2n) is 3.16. The highest BCUT2D eigenvalue weighted by atomic mass is 16.5. The number of amides is 1. The average Bonchev–Trinajstić information content (AvgIpc) is 2.27. The van der Waals surface area contributed by atoms with Crippen LogP contribution in [0.1, 0.15) is 5.56 Å². The average molecular weight is 219 g/mol. The van der Waals surface area contributed by atoms with Gasteiger partial charge >= 0.3 is 0 Å². The Labute approximate surface area is 93.8 Å². The summed E-state index contributed by atoms with van der Waals surface area (Å²) in [6, 6.07) is 9.17. The molecule has 0 spiro atoms. The summed E-state index contributed by atoms with van der Waals surface area (Å²) in [6.45, 7) is 0.771. The fraction of sp³-hybridized carbons (Fsp3) is 0.273. The Hall–Kier alpha value is -2.06. The van der Waals surface area contributed by atoms with Crippen molar-refractivity contribution in [3.8, 4) is 11.8 Å².